The highest BCUT2D eigenvalue weighted by molar-refractivity contribution is 6.01. The van der Waals surface area contributed by atoms with Crippen molar-refractivity contribution in [1.82, 2.24) is 0 Å². The Hall–Kier alpha value is -2.10. The monoisotopic (exact) mass is 232 g/mol. The average molecular weight is 232 g/mol. The van der Waals surface area contributed by atoms with E-state index in [0.717, 1.165) is 10.9 Å². The summed E-state index contributed by atoms with van der Waals surface area (Å²) in [7, 11) is 1.47. The van der Waals surface area contributed by atoms with Crippen LogP contribution in [0.5, 0.6) is 5.75 Å². The number of carbonyl (C=O) groups excluding carboxylic acids is 1. The first-order valence-electron chi connectivity index (χ1n) is 5.16. The molecule has 17 heavy (non-hydrogen) atoms. The topological polar surface area (TPSA) is 56.5 Å². The number of hydrogen-bond acceptors (Lipinski definition) is 4. The van der Waals surface area contributed by atoms with Gasteiger partial charge in [-0.1, -0.05) is 0 Å². The molecule has 0 unspecified atom stereocenters. The van der Waals surface area contributed by atoms with Crippen molar-refractivity contribution in [3.8, 4) is 5.75 Å². The highest BCUT2D eigenvalue weighted by atomic mass is 16.5. The first-order chi connectivity index (χ1) is 8.02. The normalized spacial score (nSPS) is 10.5. The van der Waals surface area contributed by atoms with Crippen molar-refractivity contribution in [2.75, 3.05) is 7.11 Å². The van der Waals surface area contributed by atoms with Crippen molar-refractivity contribution in [2.24, 2.45) is 0 Å². The van der Waals surface area contributed by atoms with Crippen LogP contribution in [0.1, 0.15) is 22.8 Å². The molecule has 0 saturated carbocycles. The Morgan fingerprint density at radius 2 is 2.00 bits per heavy atom. The second-order valence-electron chi connectivity index (χ2n) is 3.85. The highest BCUT2D eigenvalue weighted by Crippen LogP contribution is 2.27. The summed E-state index contributed by atoms with van der Waals surface area (Å²) in [5.41, 5.74) is 1.28. The summed E-state index contributed by atoms with van der Waals surface area (Å²) in [4.78, 5) is 22.7. The summed E-state index contributed by atoms with van der Waals surface area (Å²) in [5.74, 6) is 0.327. The molecule has 0 saturated heterocycles. The van der Waals surface area contributed by atoms with E-state index < -0.39 is 5.63 Å². The summed E-state index contributed by atoms with van der Waals surface area (Å²) in [5, 5.41) is 0.746. The number of Topliss-reactive ketones (excluding diaryl/α,β-unsaturated/α-hetero) is 1. The Balaban J connectivity index is 2.87. The summed E-state index contributed by atoms with van der Waals surface area (Å²) in [6.45, 7) is 3.27. The number of fused-ring (bicyclic) bond motifs is 1. The Bertz CT molecular complexity index is 652. The second-order valence-corrected chi connectivity index (χ2v) is 3.85. The third-order valence-corrected chi connectivity index (χ3v) is 2.65. The van der Waals surface area contributed by atoms with Crippen LogP contribution in [0.25, 0.3) is 11.0 Å². The lowest BCUT2D eigenvalue weighted by Gasteiger charge is -2.08. The standard InChI is InChI=1S/C13H12O4/c1-7-4-13(15)17-12-6-11(16-3)10(8(2)14)5-9(7)12/h4-6H,1-3H3. The van der Waals surface area contributed by atoms with Gasteiger partial charge < -0.3 is 9.15 Å². The van der Waals surface area contributed by atoms with Gasteiger partial charge in [0.05, 0.1) is 12.7 Å². The average Bonchev–Trinajstić information content (AvgIpc) is 2.26. The first-order valence-corrected chi connectivity index (χ1v) is 5.16. The van der Waals surface area contributed by atoms with Crippen molar-refractivity contribution in [3.05, 3.63) is 39.7 Å². The smallest absolute Gasteiger partial charge is 0.336 e. The van der Waals surface area contributed by atoms with E-state index in [-0.39, 0.29) is 5.78 Å². The highest BCUT2D eigenvalue weighted by Gasteiger charge is 2.12. The van der Waals surface area contributed by atoms with Crippen LogP contribution < -0.4 is 10.4 Å². The summed E-state index contributed by atoms with van der Waals surface area (Å²) >= 11 is 0. The van der Waals surface area contributed by atoms with E-state index in [1.807, 2.05) is 0 Å². The van der Waals surface area contributed by atoms with E-state index in [2.05, 4.69) is 0 Å². The van der Waals surface area contributed by atoms with Crippen LogP contribution in [0.4, 0.5) is 0 Å². The molecule has 0 bridgehead atoms. The molecule has 4 heteroatoms. The van der Waals surface area contributed by atoms with Gasteiger partial charge in [0.25, 0.3) is 0 Å². The molecule has 0 N–H and O–H groups in total. The third-order valence-electron chi connectivity index (χ3n) is 2.65. The minimum Gasteiger partial charge on any atom is -0.496 e. The molecule has 4 nitrogen and oxygen atoms in total. The summed E-state index contributed by atoms with van der Waals surface area (Å²) in [6, 6.07) is 4.66. The fourth-order valence-electron chi connectivity index (χ4n) is 1.79. The van der Waals surface area contributed by atoms with E-state index >= 15 is 0 Å². The van der Waals surface area contributed by atoms with Gasteiger partial charge in [0.15, 0.2) is 5.78 Å². The predicted octanol–water partition coefficient (Wildman–Crippen LogP) is 2.31. The summed E-state index contributed by atoms with van der Waals surface area (Å²) in [6.07, 6.45) is 0. The fraction of sp³-hybridized carbons (Fsp3) is 0.231. The van der Waals surface area contributed by atoms with Gasteiger partial charge >= 0.3 is 5.63 Å². The van der Waals surface area contributed by atoms with Crippen LogP contribution in [0, 0.1) is 6.92 Å². The van der Waals surface area contributed by atoms with Crippen molar-refractivity contribution >= 4 is 16.8 Å². The molecule has 0 fully saturated rings. The number of aryl methyl sites for hydroxylation is 1. The number of benzene rings is 1. The van der Waals surface area contributed by atoms with Crippen LogP contribution in [0.3, 0.4) is 0 Å². The zero-order valence-corrected chi connectivity index (χ0v) is 9.87. The van der Waals surface area contributed by atoms with E-state index in [4.69, 9.17) is 9.15 Å². The maximum absolute atomic E-state index is 11.5. The van der Waals surface area contributed by atoms with Gasteiger partial charge in [0.2, 0.25) is 0 Å². The molecule has 88 valence electrons. The van der Waals surface area contributed by atoms with Crippen LogP contribution in [-0.4, -0.2) is 12.9 Å². The van der Waals surface area contributed by atoms with Crippen LogP contribution >= 0.6 is 0 Å². The zero-order chi connectivity index (χ0) is 12.6. The molecule has 0 radical (unpaired) electrons. The minimum absolute atomic E-state index is 0.0886. The Kier molecular flexibility index (Phi) is 2.71. The molecule has 0 aliphatic heterocycles. The van der Waals surface area contributed by atoms with Gasteiger partial charge in [0, 0.05) is 17.5 Å². The molecule has 0 spiro atoms. The molecule has 2 aromatic rings. The molecule has 2 rings (SSSR count). The van der Waals surface area contributed by atoms with Gasteiger partial charge in [-0.25, -0.2) is 4.79 Å². The molecule has 1 aromatic carbocycles. The molecule has 0 atom stereocenters. The summed E-state index contributed by atoms with van der Waals surface area (Å²) < 4.78 is 10.2. The van der Waals surface area contributed by atoms with Crippen molar-refractivity contribution < 1.29 is 13.9 Å². The quantitative estimate of drug-likeness (QED) is 0.589. The van der Waals surface area contributed by atoms with Crippen molar-refractivity contribution in [3.63, 3.8) is 0 Å². The SMILES string of the molecule is COc1cc2oc(=O)cc(C)c2cc1C(C)=O. The van der Waals surface area contributed by atoms with Crippen LogP contribution in [0.15, 0.2) is 27.4 Å². The maximum Gasteiger partial charge on any atom is 0.336 e. The fourth-order valence-corrected chi connectivity index (χ4v) is 1.79. The molecular weight excluding hydrogens is 220 g/mol. The van der Waals surface area contributed by atoms with Crippen LogP contribution in [-0.2, 0) is 0 Å². The molecule has 0 amide bonds. The lowest BCUT2D eigenvalue weighted by Crippen LogP contribution is -2.01. The van der Waals surface area contributed by atoms with E-state index in [9.17, 15) is 9.59 Å². The molecule has 1 heterocycles. The number of methoxy groups -OCH3 is 1. The third kappa shape index (κ3) is 1.93. The van der Waals surface area contributed by atoms with Gasteiger partial charge in [-0.3, -0.25) is 4.79 Å². The van der Waals surface area contributed by atoms with Gasteiger partial charge in [-0.2, -0.15) is 0 Å². The Morgan fingerprint density at radius 3 is 2.59 bits per heavy atom. The van der Waals surface area contributed by atoms with E-state index in [1.54, 1.807) is 19.1 Å². The predicted molar refractivity (Wildman–Crippen MR) is 63.8 cm³/mol. The van der Waals surface area contributed by atoms with E-state index in [0.29, 0.717) is 16.9 Å². The number of hydrogen-bond donors (Lipinski definition) is 0. The minimum atomic E-state index is -0.410. The lowest BCUT2D eigenvalue weighted by molar-refractivity contribution is 0.101. The number of rotatable bonds is 2. The van der Waals surface area contributed by atoms with Crippen molar-refractivity contribution in [1.29, 1.82) is 0 Å². The Labute approximate surface area is 97.8 Å². The largest absolute Gasteiger partial charge is 0.496 e. The first kappa shape index (κ1) is 11.4. The second kappa shape index (κ2) is 4.05. The molecule has 1 aromatic heterocycles. The number of ether oxygens (including phenoxy) is 1. The lowest BCUT2D eigenvalue weighted by atomic mass is 10.0. The van der Waals surface area contributed by atoms with Crippen molar-refractivity contribution in [2.45, 2.75) is 13.8 Å². The molecule has 0 aliphatic rings. The molecule has 0 aliphatic carbocycles. The van der Waals surface area contributed by atoms with E-state index in [1.165, 1.54) is 20.1 Å². The number of carbonyl (C=O) groups is 1. The van der Waals surface area contributed by atoms with Gasteiger partial charge in [0.1, 0.15) is 11.3 Å². The zero-order valence-electron chi connectivity index (χ0n) is 9.87. The number of ketones is 1. The molecular formula is C13H12O4. The van der Waals surface area contributed by atoms with Crippen LogP contribution in [0.2, 0.25) is 0 Å². The maximum atomic E-state index is 11.5. The Morgan fingerprint density at radius 1 is 1.29 bits per heavy atom. The van der Waals surface area contributed by atoms with Gasteiger partial charge in [-0.05, 0) is 25.5 Å². The van der Waals surface area contributed by atoms with Gasteiger partial charge in [-0.15, -0.1) is 0 Å².